The first-order chi connectivity index (χ1) is 13.6. The number of benzene rings is 1. The van der Waals surface area contributed by atoms with E-state index in [4.69, 9.17) is 4.74 Å². The lowest BCUT2D eigenvalue weighted by Gasteiger charge is -2.33. The molecule has 0 saturated carbocycles. The molecular formula is C24H29NO2S. The molecule has 4 rings (SSSR count). The molecule has 1 aliphatic carbocycles. The zero-order valence-corrected chi connectivity index (χ0v) is 17.9. The third-order valence-corrected chi connectivity index (χ3v) is 7.12. The van der Waals surface area contributed by atoms with Gasteiger partial charge >= 0.3 is 5.97 Å². The fourth-order valence-corrected chi connectivity index (χ4v) is 5.51. The average molecular weight is 396 g/mol. The highest BCUT2D eigenvalue weighted by atomic mass is 32.1. The summed E-state index contributed by atoms with van der Waals surface area (Å²) in [4.78, 5) is 17.0. The average Bonchev–Trinajstić information content (AvgIpc) is 3.05. The van der Waals surface area contributed by atoms with Gasteiger partial charge in [-0.2, -0.15) is 0 Å². The van der Waals surface area contributed by atoms with E-state index in [1.54, 1.807) is 16.9 Å². The molecule has 1 saturated heterocycles. The normalized spacial score (nSPS) is 17.3. The molecule has 148 valence electrons. The molecule has 1 fully saturated rings. The highest BCUT2D eigenvalue weighted by Gasteiger charge is 2.27. The number of ether oxygens (including phenoxy) is 1. The smallest absolute Gasteiger partial charge is 0.348 e. The van der Waals surface area contributed by atoms with Gasteiger partial charge in [-0.25, -0.2) is 4.79 Å². The van der Waals surface area contributed by atoms with Crippen molar-refractivity contribution in [1.82, 2.24) is 4.90 Å². The third-order valence-electron chi connectivity index (χ3n) is 5.95. The maximum atomic E-state index is 12.4. The van der Waals surface area contributed by atoms with Gasteiger partial charge in [0.2, 0.25) is 0 Å². The molecule has 0 amide bonds. The van der Waals surface area contributed by atoms with Gasteiger partial charge in [-0.3, -0.25) is 0 Å². The fourth-order valence-electron chi connectivity index (χ4n) is 4.45. The quantitative estimate of drug-likeness (QED) is 0.658. The molecular weight excluding hydrogens is 366 g/mol. The molecule has 0 radical (unpaired) electrons. The maximum Gasteiger partial charge on any atom is 0.348 e. The Morgan fingerprint density at radius 1 is 1.11 bits per heavy atom. The standard InChI is InChI=1S/C24H29NO2S/c1-4-27-24(26)22-15-20-21(28-22)10-9-17-7-5-6-8-19(17)23(20)18-11-13-25(14-12-18)16(2)3/h5-8,15-16H,4,9-14H2,1-3H3. The summed E-state index contributed by atoms with van der Waals surface area (Å²) in [6.45, 7) is 9.07. The van der Waals surface area contributed by atoms with Crippen molar-refractivity contribution in [2.24, 2.45) is 0 Å². The highest BCUT2D eigenvalue weighted by molar-refractivity contribution is 7.14. The Morgan fingerprint density at radius 3 is 2.57 bits per heavy atom. The van der Waals surface area contributed by atoms with Crippen molar-refractivity contribution in [2.75, 3.05) is 19.7 Å². The van der Waals surface area contributed by atoms with Gasteiger partial charge < -0.3 is 9.64 Å². The Morgan fingerprint density at radius 2 is 1.86 bits per heavy atom. The van der Waals surface area contributed by atoms with Crippen LogP contribution in [0.25, 0.3) is 5.57 Å². The van der Waals surface area contributed by atoms with Crippen molar-refractivity contribution >= 4 is 22.9 Å². The Labute approximate surface area is 172 Å². The van der Waals surface area contributed by atoms with E-state index in [0.717, 1.165) is 43.6 Å². The molecule has 0 spiro atoms. The third kappa shape index (κ3) is 3.68. The fraction of sp³-hybridized carbons (Fsp3) is 0.458. The predicted octanol–water partition coefficient (Wildman–Crippen LogP) is 5.33. The van der Waals surface area contributed by atoms with E-state index in [0.29, 0.717) is 12.6 Å². The van der Waals surface area contributed by atoms with Crippen molar-refractivity contribution in [3.63, 3.8) is 0 Å². The summed E-state index contributed by atoms with van der Waals surface area (Å²) in [6.07, 6.45) is 4.23. The number of carbonyl (C=O) groups is 1. The number of hydrogen-bond donors (Lipinski definition) is 0. The van der Waals surface area contributed by atoms with Gasteiger partial charge in [-0.1, -0.05) is 29.8 Å². The van der Waals surface area contributed by atoms with Crippen LogP contribution in [0.15, 0.2) is 35.9 Å². The lowest BCUT2D eigenvalue weighted by molar-refractivity contribution is 0.0532. The number of hydrogen-bond acceptors (Lipinski definition) is 4. The lowest BCUT2D eigenvalue weighted by atomic mass is 9.87. The number of thiophene rings is 1. The molecule has 1 aromatic carbocycles. The number of likely N-dealkylation sites (tertiary alicyclic amines) is 1. The van der Waals surface area contributed by atoms with Crippen LogP contribution in [0.2, 0.25) is 0 Å². The van der Waals surface area contributed by atoms with Crippen LogP contribution in [0, 0.1) is 0 Å². The molecule has 1 aromatic heterocycles. The number of nitrogens with zero attached hydrogens (tertiary/aromatic N) is 1. The van der Waals surface area contributed by atoms with Gasteiger partial charge in [0.15, 0.2) is 0 Å². The first-order valence-electron chi connectivity index (χ1n) is 10.4. The zero-order chi connectivity index (χ0) is 19.7. The second-order valence-electron chi connectivity index (χ2n) is 7.93. The number of aryl methyl sites for hydroxylation is 2. The van der Waals surface area contributed by atoms with Gasteiger partial charge in [0.1, 0.15) is 4.88 Å². The van der Waals surface area contributed by atoms with Crippen LogP contribution in [-0.4, -0.2) is 36.6 Å². The Balaban J connectivity index is 1.80. The second kappa shape index (κ2) is 8.22. The van der Waals surface area contributed by atoms with Gasteiger partial charge in [0, 0.05) is 24.0 Å². The van der Waals surface area contributed by atoms with Gasteiger partial charge in [0.05, 0.1) is 6.61 Å². The molecule has 2 aromatic rings. The van der Waals surface area contributed by atoms with Crippen molar-refractivity contribution in [2.45, 2.75) is 52.5 Å². The number of rotatable bonds is 3. The predicted molar refractivity (Wildman–Crippen MR) is 116 cm³/mol. The van der Waals surface area contributed by atoms with Crippen molar-refractivity contribution in [3.8, 4) is 0 Å². The van der Waals surface area contributed by atoms with Gasteiger partial charge in [0.25, 0.3) is 0 Å². The van der Waals surface area contributed by atoms with Crippen LogP contribution >= 0.6 is 11.3 Å². The summed E-state index contributed by atoms with van der Waals surface area (Å²) in [7, 11) is 0. The Kier molecular flexibility index (Phi) is 5.70. The van der Waals surface area contributed by atoms with E-state index in [-0.39, 0.29) is 5.97 Å². The summed E-state index contributed by atoms with van der Waals surface area (Å²) in [6, 6.07) is 11.5. The van der Waals surface area contributed by atoms with E-state index in [2.05, 4.69) is 49.1 Å². The number of carbonyl (C=O) groups excluding carboxylic acids is 1. The monoisotopic (exact) mass is 395 g/mol. The van der Waals surface area contributed by atoms with Crippen LogP contribution in [0.4, 0.5) is 0 Å². The Bertz CT molecular complexity index is 899. The van der Waals surface area contributed by atoms with E-state index in [9.17, 15) is 4.79 Å². The summed E-state index contributed by atoms with van der Waals surface area (Å²) in [5.41, 5.74) is 6.99. The van der Waals surface area contributed by atoms with E-state index in [1.807, 2.05) is 6.92 Å². The molecule has 0 N–H and O–H groups in total. The van der Waals surface area contributed by atoms with Crippen LogP contribution < -0.4 is 0 Å². The summed E-state index contributed by atoms with van der Waals surface area (Å²) in [5.74, 6) is -0.187. The maximum absolute atomic E-state index is 12.4. The highest BCUT2D eigenvalue weighted by Crippen LogP contribution is 2.42. The first kappa shape index (κ1) is 19.4. The zero-order valence-electron chi connectivity index (χ0n) is 17.1. The van der Waals surface area contributed by atoms with Crippen molar-refractivity contribution in [3.05, 3.63) is 62.3 Å². The molecule has 3 nitrogen and oxygen atoms in total. The number of piperidine rings is 1. The minimum Gasteiger partial charge on any atom is -0.462 e. The van der Waals surface area contributed by atoms with Gasteiger partial charge in [-0.15, -0.1) is 11.3 Å². The molecule has 0 unspecified atom stereocenters. The summed E-state index contributed by atoms with van der Waals surface area (Å²) < 4.78 is 5.28. The van der Waals surface area contributed by atoms with Gasteiger partial charge in [-0.05, 0) is 74.8 Å². The van der Waals surface area contributed by atoms with E-state index < -0.39 is 0 Å². The van der Waals surface area contributed by atoms with Crippen LogP contribution in [0.5, 0.6) is 0 Å². The second-order valence-corrected chi connectivity index (χ2v) is 9.07. The largest absolute Gasteiger partial charge is 0.462 e. The number of fused-ring (bicyclic) bond motifs is 2. The minimum atomic E-state index is -0.187. The number of esters is 1. The molecule has 2 aliphatic rings. The first-order valence-corrected chi connectivity index (χ1v) is 11.2. The van der Waals surface area contributed by atoms with Crippen molar-refractivity contribution < 1.29 is 9.53 Å². The molecule has 28 heavy (non-hydrogen) atoms. The summed E-state index contributed by atoms with van der Waals surface area (Å²) >= 11 is 1.62. The summed E-state index contributed by atoms with van der Waals surface area (Å²) in [5, 5.41) is 0. The van der Waals surface area contributed by atoms with Crippen molar-refractivity contribution in [1.29, 1.82) is 0 Å². The minimum absolute atomic E-state index is 0.187. The molecule has 0 atom stereocenters. The molecule has 2 heterocycles. The SMILES string of the molecule is CCOC(=O)c1cc2c(s1)CCc1ccccc1C2=C1CCN(C(C)C)CC1. The Hall–Kier alpha value is -1.91. The topological polar surface area (TPSA) is 29.5 Å². The van der Waals surface area contributed by atoms with Crippen LogP contribution in [0.3, 0.4) is 0 Å². The molecule has 4 heteroatoms. The van der Waals surface area contributed by atoms with E-state index in [1.165, 1.54) is 27.1 Å². The van der Waals surface area contributed by atoms with Crippen LogP contribution in [-0.2, 0) is 17.6 Å². The molecule has 1 aliphatic heterocycles. The van der Waals surface area contributed by atoms with Crippen LogP contribution in [0.1, 0.15) is 64.9 Å². The van der Waals surface area contributed by atoms with E-state index >= 15 is 0 Å². The lowest BCUT2D eigenvalue weighted by Crippen LogP contribution is -2.36. The molecule has 0 bridgehead atoms.